The van der Waals surface area contributed by atoms with Crippen LogP contribution in [0.25, 0.3) is 0 Å². The lowest BCUT2D eigenvalue weighted by Gasteiger charge is -2.11. The van der Waals surface area contributed by atoms with Crippen molar-refractivity contribution in [3.05, 3.63) is 24.2 Å². The molecule has 1 aliphatic carbocycles. The van der Waals surface area contributed by atoms with Crippen LogP contribution in [0.2, 0.25) is 0 Å². The highest BCUT2D eigenvalue weighted by Crippen LogP contribution is 2.38. The highest BCUT2D eigenvalue weighted by Gasteiger charge is 2.27. The van der Waals surface area contributed by atoms with Crippen LogP contribution in [0.3, 0.4) is 0 Å². The van der Waals surface area contributed by atoms with E-state index in [9.17, 15) is 4.79 Å². The van der Waals surface area contributed by atoms with Crippen molar-refractivity contribution in [2.75, 3.05) is 5.32 Å². The quantitative estimate of drug-likeness (QED) is 0.858. The van der Waals surface area contributed by atoms with Gasteiger partial charge in [-0.05, 0) is 26.7 Å². The minimum Gasteiger partial charge on any atom is -0.360 e. The Labute approximate surface area is 120 Å². The van der Waals surface area contributed by atoms with Crippen molar-refractivity contribution in [1.29, 1.82) is 0 Å². The molecule has 0 aliphatic heterocycles. The lowest BCUT2D eigenvalue weighted by molar-refractivity contribution is -0.115. The number of hydrogen-bond donors (Lipinski definition) is 1. The molecule has 7 heteroatoms. The van der Waals surface area contributed by atoms with Gasteiger partial charge in [0.15, 0.2) is 11.0 Å². The predicted octanol–water partition coefficient (Wildman–Crippen LogP) is 2.63. The van der Waals surface area contributed by atoms with Gasteiger partial charge in [-0.1, -0.05) is 16.9 Å². The van der Waals surface area contributed by atoms with E-state index >= 15 is 0 Å². The van der Waals surface area contributed by atoms with E-state index in [0.29, 0.717) is 17.6 Å². The zero-order valence-electron chi connectivity index (χ0n) is 11.4. The van der Waals surface area contributed by atoms with Crippen molar-refractivity contribution in [3.8, 4) is 0 Å². The van der Waals surface area contributed by atoms with Gasteiger partial charge in [-0.15, -0.1) is 0 Å². The van der Waals surface area contributed by atoms with Gasteiger partial charge in [0.25, 0.3) is 0 Å². The third-order valence-electron chi connectivity index (χ3n) is 3.10. The van der Waals surface area contributed by atoms with Crippen LogP contribution in [-0.2, 0) is 4.79 Å². The molecule has 1 amide bonds. The average molecular weight is 292 g/mol. The molecule has 0 radical (unpaired) electrons. The van der Waals surface area contributed by atoms with Crippen LogP contribution in [-0.4, -0.2) is 25.9 Å². The minimum atomic E-state index is -0.244. The summed E-state index contributed by atoms with van der Waals surface area (Å²) in [5, 5.41) is 7.14. The van der Waals surface area contributed by atoms with Gasteiger partial charge in [0.05, 0.1) is 5.25 Å². The summed E-state index contributed by atoms with van der Waals surface area (Å²) in [6.45, 7) is 3.64. The molecule has 20 heavy (non-hydrogen) atoms. The Balaban J connectivity index is 1.61. The normalized spacial score (nSPS) is 16.1. The van der Waals surface area contributed by atoms with E-state index in [4.69, 9.17) is 4.52 Å². The third-order valence-corrected chi connectivity index (χ3v) is 4.20. The fourth-order valence-corrected chi connectivity index (χ4v) is 2.82. The summed E-state index contributed by atoms with van der Waals surface area (Å²) in [4.78, 5) is 16.4. The van der Waals surface area contributed by atoms with Crippen molar-refractivity contribution in [3.63, 3.8) is 0 Å². The molecule has 0 unspecified atom stereocenters. The van der Waals surface area contributed by atoms with Gasteiger partial charge in [0, 0.05) is 24.5 Å². The van der Waals surface area contributed by atoms with Crippen molar-refractivity contribution in [2.45, 2.75) is 43.1 Å². The fourth-order valence-electron chi connectivity index (χ4n) is 1.89. The van der Waals surface area contributed by atoms with E-state index in [1.54, 1.807) is 19.2 Å². The first-order chi connectivity index (χ1) is 9.63. The van der Waals surface area contributed by atoms with Crippen molar-refractivity contribution in [2.24, 2.45) is 0 Å². The number of nitrogens with zero attached hydrogens (tertiary/aromatic N) is 3. The molecule has 0 spiro atoms. The Morgan fingerprint density at radius 3 is 3.05 bits per heavy atom. The van der Waals surface area contributed by atoms with E-state index in [1.165, 1.54) is 24.6 Å². The van der Waals surface area contributed by atoms with Crippen molar-refractivity contribution >= 4 is 23.5 Å². The number of amides is 1. The number of carbonyl (C=O) groups excluding carboxylic acids is 1. The topological polar surface area (TPSA) is 73.0 Å². The molecule has 1 N–H and O–H groups in total. The van der Waals surface area contributed by atoms with E-state index < -0.39 is 0 Å². The number of thioether (sulfide) groups is 1. The molecular weight excluding hydrogens is 276 g/mol. The second-order valence-electron chi connectivity index (χ2n) is 4.92. The number of imidazole rings is 1. The number of hydrogen-bond acceptors (Lipinski definition) is 5. The lowest BCUT2D eigenvalue weighted by Crippen LogP contribution is -2.23. The largest absolute Gasteiger partial charge is 0.360 e. The molecule has 6 nitrogen and oxygen atoms in total. The van der Waals surface area contributed by atoms with Gasteiger partial charge < -0.3 is 14.4 Å². The van der Waals surface area contributed by atoms with Gasteiger partial charge in [-0.3, -0.25) is 4.79 Å². The van der Waals surface area contributed by atoms with Crippen molar-refractivity contribution < 1.29 is 9.32 Å². The Hall–Kier alpha value is -1.76. The number of aryl methyl sites for hydroxylation is 1. The fraction of sp³-hybridized carbons (Fsp3) is 0.462. The summed E-state index contributed by atoms with van der Waals surface area (Å²) < 4.78 is 7.07. The number of nitrogens with one attached hydrogen (secondary N) is 1. The maximum atomic E-state index is 12.1. The highest BCUT2D eigenvalue weighted by molar-refractivity contribution is 8.00. The predicted molar refractivity (Wildman–Crippen MR) is 75.7 cm³/mol. The van der Waals surface area contributed by atoms with Crippen LogP contribution in [0, 0.1) is 6.92 Å². The van der Waals surface area contributed by atoms with Gasteiger partial charge in [-0.2, -0.15) is 0 Å². The molecule has 0 bridgehead atoms. The highest BCUT2D eigenvalue weighted by atomic mass is 32.2. The zero-order chi connectivity index (χ0) is 14.1. The molecule has 0 saturated heterocycles. The van der Waals surface area contributed by atoms with Crippen LogP contribution in [0.4, 0.5) is 5.82 Å². The average Bonchev–Trinajstić information content (AvgIpc) is 3.03. The van der Waals surface area contributed by atoms with Gasteiger partial charge in [0.2, 0.25) is 5.91 Å². The molecule has 1 saturated carbocycles. The van der Waals surface area contributed by atoms with Crippen LogP contribution in [0.5, 0.6) is 0 Å². The lowest BCUT2D eigenvalue weighted by atomic mass is 10.4. The number of carbonyl (C=O) groups is 1. The number of aromatic nitrogens is 3. The minimum absolute atomic E-state index is 0.103. The first-order valence-electron chi connectivity index (χ1n) is 6.57. The monoisotopic (exact) mass is 292 g/mol. The standard InChI is InChI=1S/C13H16N4O2S/c1-8-7-11(16-19-8)15-12(18)9(2)20-13-14-5-6-17(13)10-3-4-10/h5-7,9-10H,3-4H2,1-2H3,(H,15,16,18)/t9-/m0/s1. The molecule has 106 valence electrons. The summed E-state index contributed by atoms with van der Waals surface area (Å²) in [6, 6.07) is 2.26. The van der Waals surface area contributed by atoms with E-state index in [1.807, 2.05) is 13.1 Å². The molecule has 1 atom stereocenters. The third kappa shape index (κ3) is 2.87. The Morgan fingerprint density at radius 2 is 2.40 bits per heavy atom. The Bertz CT molecular complexity index is 617. The van der Waals surface area contributed by atoms with E-state index in [-0.39, 0.29) is 11.2 Å². The van der Waals surface area contributed by atoms with Gasteiger partial charge >= 0.3 is 0 Å². The van der Waals surface area contributed by atoms with E-state index in [0.717, 1.165) is 5.16 Å². The van der Waals surface area contributed by atoms with Crippen LogP contribution in [0.15, 0.2) is 28.1 Å². The van der Waals surface area contributed by atoms with Gasteiger partial charge in [0.1, 0.15) is 5.76 Å². The van der Waals surface area contributed by atoms with Crippen LogP contribution >= 0.6 is 11.8 Å². The molecule has 3 rings (SSSR count). The summed E-state index contributed by atoms with van der Waals surface area (Å²) >= 11 is 1.46. The SMILES string of the molecule is Cc1cc(NC(=O)[C@H](C)Sc2nccn2C2CC2)no1. The number of anilines is 1. The van der Waals surface area contributed by atoms with Crippen LogP contribution in [0.1, 0.15) is 31.6 Å². The molecule has 2 aromatic heterocycles. The second kappa shape index (κ2) is 5.32. The Morgan fingerprint density at radius 1 is 1.60 bits per heavy atom. The summed E-state index contributed by atoms with van der Waals surface area (Å²) in [6.07, 6.45) is 6.16. The van der Waals surface area contributed by atoms with Crippen LogP contribution < -0.4 is 5.32 Å². The molecule has 1 aliphatic rings. The van der Waals surface area contributed by atoms with Crippen molar-refractivity contribution in [1.82, 2.24) is 14.7 Å². The molecule has 2 aromatic rings. The molecular formula is C13H16N4O2S. The second-order valence-corrected chi connectivity index (χ2v) is 6.23. The maximum absolute atomic E-state index is 12.1. The first-order valence-corrected chi connectivity index (χ1v) is 7.45. The van der Waals surface area contributed by atoms with E-state index in [2.05, 4.69) is 20.0 Å². The summed E-state index contributed by atoms with van der Waals surface area (Å²) in [5.74, 6) is 1.02. The smallest absolute Gasteiger partial charge is 0.238 e. The molecule has 0 aromatic carbocycles. The first kappa shape index (κ1) is 13.2. The molecule has 1 fully saturated rings. The van der Waals surface area contributed by atoms with Gasteiger partial charge in [-0.25, -0.2) is 4.98 Å². The Kier molecular flexibility index (Phi) is 3.52. The summed E-state index contributed by atoms with van der Waals surface area (Å²) in [7, 11) is 0. The maximum Gasteiger partial charge on any atom is 0.238 e. The summed E-state index contributed by atoms with van der Waals surface area (Å²) in [5.41, 5.74) is 0. The zero-order valence-corrected chi connectivity index (χ0v) is 12.2. The number of rotatable bonds is 5. The molecule has 2 heterocycles.